The van der Waals surface area contributed by atoms with Gasteiger partial charge in [0.25, 0.3) is 0 Å². The Balaban J connectivity index is 1.82. The minimum atomic E-state index is -2.94. The van der Waals surface area contributed by atoms with Crippen molar-refractivity contribution in [2.45, 2.75) is 25.3 Å². The number of hydrogen-bond donors (Lipinski definition) is 1. The highest BCUT2D eigenvalue weighted by Crippen LogP contribution is 2.29. The number of urea groups is 1. The van der Waals surface area contributed by atoms with Crippen molar-refractivity contribution >= 4 is 15.9 Å². The Bertz CT molecular complexity index is 426. The van der Waals surface area contributed by atoms with Gasteiger partial charge in [0.1, 0.15) is 0 Å². The third-order valence-electron chi connectivity index (χ3n) is 3.27. The Kier molecular flexibility index (Phi) is 3.42. The lowest BCUT2D eigenvalue weighted by Gasteiger charge is -2.22. The predicted molar refractivity (Wildman–Crippen MR) is 65.2 cm³/mol. The molecule has 0 bridgehead atoms. The van der Waals surface area contributed by atoms with E-state index in [0.29, 0.717) is 12.3 Å². The second kappa shape index (κ2) is 4.68. The van der Waals surface area contributed by atoms with Gasteiger partial charge in [-0.2, -0.15) is 0 Å². The third-order valence-corrected chi connectivity index (χ3v) is 5.02. The third kappa shape index (κ3) is 3.46. The summed E-state index contributed by atoms with van der Waals surface area (Å²) in [4.78, 5) is 13.2. The molecule has 1 aliphatic carbocycles. The van der Waals surface area contributed by atoms with Crippen LogP contribution in [0.3, 0.4) is 0 Å². The van der Waals surface area contributed by atoms with E-state index in [1.54, 1.807) is 13.2 Å². The van der Waals surface area contributed by atoms with Crippen molar-refractivity contribution < 1.29 is 13.2 Å². The molecule has 0 aromatic rings. The maximum atomic E-state index is 11.7. The number of hydrogen-bond acceptors (Lipinski definition) is 3. The van der Waals surface area contributed by atoms with Gasteiger partial charge in [-0.3, -0.25) is 0 Å². The van der Waals surface area contributed by atoms with Crippen LogP contribution in [-0.4, -0.2) is 43.9 Å². The van der Waals surface area contributed by atoms with Crippen molar-refractivity contribution in [2.75, 3.05) is 18.6 Å². The first kappa shape index (κ1) is 12.4. The van der Waals surface area contributed by atoms with Crippen molar-refractivity contribution in [2.24, 2.45) is 5.92 Å². The molecule has 0 radical (unpaired) electrons. The van der Waals surface area contributed by atoms with E-state index in [1.165, 1.54) is 17.7 Å². The molecule has 0 aromatic heterocycles. The molecule has 1 N–H and O–H groups in total. The maximum absolute atomic E-state index is 11.7. The van der Waals surface area contributed by atoms with Crippen LogP contribution in [0.4, 0.5) is 4.79 Å². The second-order valence-electron chi connectivity index (χ2n) is 4.81. The molecule has 0 spiro atoms. The zero-order valence-corrected chi connectivity index (χ0v) is 10.7. The molecule has 2 amide bonds. The summed E-state index contributed by atoms with van der Waals surface area (Å²) in [5, 5.41) is 2.67. The molecule has 2 fully saturated rings. The first-order valence-electron chi connectivity index (χ1n) is 5.88. The van der Waals surface area contributed by atoms with Crippen LogP contribution in [-0.2, 0) is 9.84 Å². The van der Waals surface area contributed by atoms with Gasteiger partial charge in [0.05, 0.1) is 11.5 Å². The van der Waals surface area contributed by atoms with Gasteiger partial charge in [0.2, 0.25) is 0 Å². The number of rotatable bonds is 3. The van der Waals surface area contributed by atoms with Gasteiger partial charge in [-0.15, -0.1) is 0 Å². The summed E-state index contributed by atoms with van der Waals surface area (Å²) >= 11 is 0. The van der Waals surface area contributed by atoms with Gasteiger partial charge in [-0.25, -0.2) is 13.2 Å². The molecule has 6 heteroatoms. The number of nitrogens with one attached hydrogen (secondary N) is 1. The van der Waals surface area contributed by atoms with Crippen molar-refractivity contribution in [3.05, 3.63) is 12.3 Å². The zero-order chi connectivity index (χ0) is 12.5. The van der Waals surface area contributed by atoms with E-state index in [9.17, 15) is 13.2 Å². The quantitative estimate of drug-likeness (QED) is 0.812. The fourth-order valence-electron chi connectivity index (χ4n) is 1.89. The van der Waals surface area contributed by atoms with E-state index < -0.39 is 9.84 Å². The lowest BCUT2D eigenvalue weighted by Crippen LogP contribution is -2.42. The second-order valence-corrected chi connectivity index (χ2v) is 7.04. The first-order chi connectivity index (χ1) is 7.98. The van der Waals surface area contributed by atoms with Crippen molar-refractivity contribution in [3.63, 3.8) is 0 Å². The highest BCUT2D eigenvalue weighted by molar-refractivity contribution is 7.91. The Labute approximate surface area is 102 Å². The topological polar surface area (TPSA) is 66.5 Å². The van der Waals surface area contributed by atoms with E-state index in [0.717, 1.165) is 0 Å². The van der Waals surface area contributed by atoms with Gasteiger partial charge in [0, 0.05) is 19.3 Å². The number of sulfone groups is 1. The fourth-order valence-corrected chi connectivity index (χ4v) is 3.67. The monoisotopic (exact) mass is 258 g/mol. The minimum absolute atomic E-state index is 0.0866. The Morgan fingerprint density at radius 1 is 1.35 bits per heavy atom. The van der Waals surface area contributed by atoms with Crippen LogP contribution in [0, 0.1) is 5.92 Å². The highest BCUT2D eigenvalue weighted by Gasteiger charge is 2.32. The Hall–Kier alpha value is -1.04. The van der Waals surface area contributed by atoms with E-state index in [4.69, 9.17) is 0 Å². The van der Waals surface area contributed by atoms with E-state index in [2.05, 4.69) is 5.32 Å². The average molecular weight is 258 g/mol. The summed E-state index contributed by atoms with van der Waals surface area (Å²) in [6.07, 6.45) is 6.59. The smallest absolute Gasteiger partial charge is 0.321 e. The minimum Gasteiger partial charge on any atom is -0.324 e. The van der Waals surface area contributed by atoms with Gasteiger partial charge >= 0.3 is 6.03 Å². The number of amides is 2. The molecule has 1 saturated heterocycles. The summed E-state index contributed by atoms with van der Waals surface area (Å²) in [7, 11) is -1.29. The largest absolute Gasteiger partial charge is 0.324 e. The molecular formula is C11H18N2O3S. The molecule has 2 rings (SSSR count). The molecule has 2 aliphatic rings. The highest BCUT2D eigenvalue weighted by atomic mass is 32.2. The van der Waals surface area contributed by atoms with E-state index in [1.807, 2.05) is 6.08 Å². The van der Waals surface area contributed by atoms with Crippen LogP contribution in [0.25, 0.3) is 0 Å². The van der Waals surface area contributed by atoms with Crippen molar-refractivity contribution in [3.8, 4) is 0 Å². The molecule has 17 heavy (non-hydrogen) atoms. The Morgan fingerprint density at radius 3 is 2.59 bits per heavy atom. The molecule has 1 saturated carbocycles. The molecule has 0 aromatic carbocycles. The number of carbonyl (C=O) groups excluding carboxylic acids is 1. The summed E-state index contributed by atoms with van der Waals surface area (Å²) in [5.74, 6) is 0.892. The van der Waals surface area contributed by atoms with Crippen LogP contribution in [0.1, 0.15) is 19.3 Å². The summed E-state index contributed by atoms with van der Waals surface area (Å²) < 4.78 is 22.6. The van der Waals surface area contributed by atoms with Gasteiger partial charge < -0.3 is 10.2 Å². The SMILES string of the molecule is CN(C(=O)N/C=C/C1CC1)C1CCS(=O)(=O)C1. The molecule has 1 unspecified atom stereocenters. The van der Waals surface area contributed by atoms with Crippen LogP contribution >= 0.6 is 0 Å². The number of allylic oxidation sites excluding steroid dienone is 1. The van der Waals surface area contributed by atoms with Gasteiger partial charge in [-0.1, -0.05) is 6.08 Å². The fraction of sp³-hybridized carbons (Fsp3) is 0.727. The number of carbonyl (C=O) groups is 1. The standard InChI is InChI=1S/C11H18N2O3S/c1-13(10-5-7-17(15,16)8-10)11(14)12-6-4-9-2-3-9/h4,6,9-10H,2-3,5,7-8H2,1H3,(H,12,14)/b6-4+. The first-order valence-corrected chi connectivity index (χ1v) is 7.70. The van der Waals surface area contributed by atoms with E-state index >= 15 is 0 Å². The summed E-state index contributed by atoms with van der Waals surface area (Å²) in [6, 6.07) is -0.418. The van der Waals surface area contributed by atoms with Crippen molar-refractivity contribution in [1.82, 2.24) is 10.2 Å². The van der Waals surface area contributed by atoms with Crippen LogP contribution in [0.2, 0.25) is 0 Å². The normalized spacial score (nSPS) is 27.2. The summed E-state index contributed by atoms with van der Waals surface area (Å²) in [6.45, 7) is 0. The molecule has 5 nitrogen and oxygen atoms in total. The van der Waals surface area contributed by atoms with Gasteiger partial charge in [-0.05, 0) is 25.2 Å². The lowest BCUT2D eigenvalue weighted by molar-refractivity contribution is 0.199. The predicted octanol–water partition coefficient (Wildman–Crippen LogP) is 0.739. The molecule has 96 valence electrons. The van der Waals surface area contributed by atoms with Gasteiger partial charge in [0.15, 0.2) is 9.84 Å². The van der Waals surface area contributed by atoms with Crippen molar-refractivity contribution in [1.29, 1.82) is 0 Å². The molecule has 1 heterocycles. The van der Waals surface area contributed by atoms with Crippen LogP contribution < -0.4 is 5.32 Å². The number of nitrogens with zero attached hydrogens (tertiary/aromatic N) is 1. The maximum Gasteiger partial charge on any atom is 0.321 e. The average Bonchev–Trinajstić information content (AvgIpc) is 3.01. The van der Waals surface area contributed by atoms with Crippen LogP contribution in [0.5, 0.6) is 0 Å². The van der Waals surface area contributed by atoms with E-state index in [-0.39, 0.29) is 23.6 Å². The molecule has 1 atom stereocenters. The summed E-state index contributed by atoms with van der Waals surface area (Å²) in [5.41, 5.74) is 0. The molecule has 1 aliphatic heterocycles. The Morgan fingerprint density at radius 2 is 2.06 bits per heavy atom. The van der Waals surface area contributed by atoms with Crippen LogP contribution in [0.15, 0.2) is 12.3 Å². The molecular weight excluding hydrogens is 240 g/mol. The zero-order valence-electron chi connectivity index (χ0n) is 9.93. The lowest BCUT2D eigenvalue weighted by atomic mass is 10.2.